The number of nitrogens with one attached hydrogen (secondary N) is 2. The third kappa shape index (κ3) is 6.46. The van der Waals surface area contributed by atoms with E-state index in [1.807, 2.05) is 0 Å². The number of hydrogen-bond acceptors (Lipinski definition) is 8. The van der Waals surface area contributed by atoms with Crippen molar-refractivity contribution in [2.75, 3.05) is 32.1 Å². The van der Waals surface area contributed by atoms with Crippen LogP contribution in [0.25, 0.3) is 22.2 Å². The maximum absolute atomic E-state index is 12.5. The minimum absolute atomic E-state index is 0.0564. The SMILES string of the molecule is COc1ccc2cc(-c3csc(NC(=O)CCC(=O)NCCN4CCCC[C@@H]4C)n3)c(=O)oc2c1. The molecular formula is C25H30N4O5S. The van der Waals surface area contributed by atoms with E-state index in [0.29, 0.717) is 40.3 Å². The van der Waals surface area contributed by atoms with Crippen LogP contribution in [-0.2, 0) is 9.59 Å². The van der Waals surface area contributed by atoms with Crippen LogP contribution in [0, 0.1) is 0 Å². The molecule has 0 spiro atoms. The maximum atomic E-state index is 12.5. The standard InChI is InChI=1S/C25H30N4O5S/c1-16-5-3-4-11-29(16)12-10-26-22(30)8-9-23(31)28-25-27-20(15-35-25)19-13-17-6-7-18(33-2)14-21(17)34-24(19)32/h6-7,13-16H,3-5,8-12H2,1-2H3,(H,26,30)(H,27,28,31)/t16-/m0/s1. The Kier molecular flexibility index (Phi) is 8.14. The van der Waals surface area contributed by atoms with Crippen LogP contribution in [-0.4, -0.2) is 54.5 Å². The zero-order chi connectivity index (χ0) is 24.8. The summed E-state index contributed by atoms with van der Waals surface area (Å²) in [6.45, 7) is 4.71. The van der Waals surface area contributed by atoms with E-state index in [9.17, 15) is 14.4 Å². The normalized spacial score (nSPS) is 16.2. The molecule has 0 radical (unpaired) electrons. The Morgan fingerprint density at radius 3 is 2.86 bits per heavy atom. The van der Waals surface area contributed by atoms with Gasteiger partial charge in [0, 0.05) is 48.8 Å². The molecule has 10 heteroatoms. The molecule has 1 atom stereocenters. The van der Waals surface area contributed by atoms with Gasteiger partial charge in [0.15, 0.2) is 5.13 Å². The molecule has 1 fully saturated rings. The van der Waals surface area contributed by atoms with E-state index in [1.165, 1.54) is 30.6 Å². The topological polar surface area (TPSA) is 114 Å². The van der Waals surface area contributed by atoms with Crippen molar-refractivity contribution in [1.82, 2.24) is 15.2 Å². The number of methoxy groups -OCH3 is 1. The van der Waals surface area contributed by atoms with Crippen LogP contribution in [0.3, 0.4) is 0 Å². The number of benzene rings is 1. The summed E-state index contributed by atoms with van der Waals surface area (Å²) in [5, 5.41) is 8.38. The van der Waals surface area contributed by atoms with Crippen molar-refractivity contribution < 1.29 is 18.7 Å². The summed E-state index contributed by atoms with van der Waals surface area (Å²) in [5.74, 6) is 0.149. The number of thiazole rings is 1. The van der Waals surface area contributed by atoms with Gasteiger partial charge in [-0.1, -0.05) is 6.42 Å². The molecule has 3 aromatic rings. The van der Waals surface area contributed by atoms with E-state index in [1.54, 1.807) is 36.8 Å². The number of fused-ring (bicyclic) bond motifs is 1. The Balaban J connectivity index is 1.27. The van der Waals surface area contributed by atoms with Crippen LogP contribution in [0.2, 0.25) is 0 Å². The monoisotopic (exact) mass is 498 g/mol. The number of aromatic nitrogens is 1. The molecule has 1 aromatic carbocycles. The zero-order valence-electron chi connectivity index (χ0n) is 20.0. The van der Waals surface area contributed by atoms with E-state index < -0.39 is 5.63 Å². The largest absolute Gasteiger partial charge is 0.497 e. The number of piperidine rings is 1. The fourth-order valence-electron chi connectivity index (χ4n) is 4.18. The van der Waals surface area contributed by atoms with Crippen LogP contribution in [0.4, 0.5) is 5.13 Å². The number of likely N-dealkylation sites (tertiary alicyclic amines) is 1. The highest BCUT2D eigenvalue weighted by atomic mass is 32.1. The minimum atomic E-state index is -0.524. The molecule has 1 aliphatic heterocycles. The van der Waals surface area contributed by atoms with E-state index >= 15 is 0 Å². The summed E-state index contributed by atoms with van der Waals surface area (Å²) in [6.07, 6.45) is 3.84. The molecule has 9 nitrogen and oxygen atoms in total. The lowest BCUT2D eigenvalue weighted by Gasteiger charge is -2.33. The van der Waals surface area contributed by atoms with Gasteiger partial charge in [-0.3, -0.25) is 14.5 Å². The van der Waals surface area contributed by atoms with Crippen molar-refractivity contribution in [3.63, 3.8) is 0 Å². The maximum Gasteiger partial charge on any atom is 0.345 e. The summed E-state index contributed by atoms with van der Waals surface area (Å²) < 4.78 is 10.6. The van der Waals surface area contributed by atoms with Crippen LogP contribution >= 0.6 is 11.3 Å². The number of hydrogen-bond donors (Lipinski definition) is 2. The Morgan fingerprint density at radius 1 is 1.23 bits per heavy atom. The fraction of sp³-hybridized carbons (Fsp3) is 0.440. The second-order valence-corrected chi connectivity index (χ2v) is 9.53. The zero-order valence-corrected chi connectivity index (χ0v) is 20.8. The van der Waals surface area contributed by atoms with Crippen LogP contribution in [0.15, 0.2) is 38.9 Å². The Bertz CT molecular complexity index is 1250. The number of nitrogens with zero attached hydrogens (tertiary/aromatic N) is 2. The molecule has 0 bridgehead atoms. The summed E-state index contributed by atoms with van der Waals surface area (Å²) in [6, 6.07) is 7.49. The molecule has 3 heterocycles. The van der Waals surface area contributed by atoms with Crippen molar-refractivity contribution >= 4 is 39.3 Å². The molecule has 2 amide bonds. The molecule has 35 heavy (non-hydrogen) atoms. The highest BCUT2D eigenvalue weighted by molar-refractivity contribution is 7.14. The molecule has 2 aromatic heterocycles. The number of amides is 2. The Hall–Kier alpha value is -3.24. The van der Waals surface area contributed by atoms with Crippen molar-refractivity contribution in [2.45, 2.75) is 45.1 Å². The van der Waals surface area contributed by atoms with E-state index in [-0.39, 0.29) is 24.7 Å². The highest BCUT2D eigenvalue weighted by Crippen LogP contribution is 2.27. The number of carbonyl (C=O) groups is 2. The predicted molar refractivity (Wildman–Crippen MR) is 136 cm³/mol. The first-order chi connectivity index (χ1) is 16.9. The first-order valence-electron chi connectivity index (χ1n) is 11.8. The van der Waals surface area contributed by atoms with Crippen molar-refractivity contribution in [2.24, 2.45) is 0 Å². The molecule has 0 unspecified atom stereocenters. The van der Waals surface area contributed by atoms with Crippen LogP contribution in [0.5, 0.6) is 5.75 Å². The highest BCUT2D eigenvalue weighted by Gasteiger charge is 2.18. The molecule has 0 aliphatic carbocycles. The lowest BCUT2D eigenvalue weighted by Crippen LogP contribution is -2.42. The second-order valence-electron chi connectivity index (χ2n) is 8.67. The van der Waals surface area contributed by atoms with E-state index in [0.717, 1.165) is 18.5 Å². The second kappa shape index (κ2) is 11.5. The number of carbonyl (C=O) groups excluding carboxylic acids is 2. The molecular weight excluding hydrogens is 468 g/mol. The van der Waals surface area contributed by atoms with Gasteiger partial charge >= 0.3 is 5.63 Å². The molecule has 4 rings (SSSR count). The number of anilines is 1. The summed E-state index contributed by atoms with van der Waals surface area (Å²) in [4.78, 5) is 43.6. The molecule has 1 saturated heterocycles. The minimum Gasteiger partial charge on any atom is -0.497 e. The average Bonchev–Trinajstić information content (AvgIpc) is 3.31. The van der Waals surface area contributed by atoms with Gasteiger partial charge in [0.2, 0.25) is 11.8 Å². The molecule has 0 saturated carbocycles. The van der Waals surface area contributed by atoms with E-state index in [4.69, 9.17) is 9.15 Å². The fourth-order valence-corrected chi connectivity index (χ4v) is 4.90. The third-order valence-electron chi connectivity index (χ3n) is 6.21. The molecule has 1 aliphatic rings. The van der Waals surface area contributed by atoms with Gasteiger partial charge in [0.1, 0.15) is 11.3 Å². The first-order valence-corrected chi connectivity index (χ1v) is 12.7. The first kappa shape index (κ1) is 24.9. The quantitative estimate of drug-likeness (QED) is 0.433. The van der Waals surface area contributed by atoms with Crippen LogP contribution < -0.4 is 21.0 Å². The predicted octanol–water partition coefficient (Wildman–Crippen LogP) is 3.63. The van der Waals surface area contributed by atoms with Gasteiger partial charge in [0.05, 0.1) is 18.4 Å². The van der Waals surface area contributed by atoms with Crippen molar-refractivity contribution in [3.8, 4) is 17.0 Å². The Morgan fingerprint density at radius 2 is 2.06 bits per heavy atom. The molecule has 2 N–H and O–H groups in total. The number of rotatable bonds is 9. The van der Waals surface area contributed by atoms with Gasteiger partial charge in [-0.2, -0.15) is 0 Å². The van der Waals surface area contributed by atoms with Crippen molar-refractivity contribution in [1.29, 1.82) is 0 Å². The van der Waals surface area contributed by atoms with Crippen LogP contribution in [0.1, 0.15) is 39.0 Å². The van der Waals surface area contributed by atoms with Gasteiger partial charge in [-0.25, -0.2) is 9.78 Å². The van der Waals surface area contributed by atoms with Gasteiger partial charge in [-0.05, 0) is 44.5 Å². The molecule has 186 valence electrons. The van der Waals surface area contributed by atoms with E-state index in [2.05, 4.69) is 27.4 Å². The summed E-state index contributed by atoms with van der Waals surface area (Å²) in [5.41, 5.74) is 0.624. The number of ether oxygens (including phenoxy) is 1. The van der Waals surface area contributed by atoms with Gasteiger partial charge in [-0.15, -0.1) is 11.3 Å². The smallest absolute Gasteiger partial charge is 0.345 e. The van der Waals surface area contributed by atoms with Gasteiger partial charge in [0.25, 0.3) is 0 Å². The summed E-state index contributed by atoms with van der Waals surface area (Å²) in [7, 11) is 1.54. The third-order valence-corrected chi connectivity index (χ3v) is 6.97. The Labute approximate surface area is 207 Å². The average molecular weight is 499 g/mol. The lowest BCUT2D eigenvalue weighted by atomic mass is 10.0. The van der Waals surface area contributed by atoms with Crippen molar-refractivity contribution in [3.05, 3.63) is 40.1 Å². The summed E-state index contributed by atoms with van der Waals surface area (Å²) >= 11 is 1.21. The van der Waals surface area contributed by atoms with Gasteiger partial charge < -0.3 is 19.8 Å². The lowest BCUT2D eigenvalue weighted by molar-refractivity contribution is -0.124.